The van der Waals surface area contributed by atoms with Gasteiger partial charge in [-0.3, -0.25) is 0 Å². The van der Waals surface area contributed by atoms with Crippen LogP contribution in [0.3, 0.4) is 0 Å². The van der Waals surface area contributed by atoms with Crippen molar-refractivity contribution in [3.05, 3.63) is 36.0 Å². The first-order chi connectivity index (χ1) is 10.3. The maximum absolute atomic E-state index is 4.57. The van der Waals surface area contributed by atoms with Crippen LogP contribution in [0.2, 0.25) is 0 Å². The summed E-state index contributed by atoms with van der Waals surface area (Å²) in [4.78, 5) is 16.7. The van der Waals surface area contributed by atoms with Crippen molar-refractivity contribution >= 4 is 28.7 Å². The molecule has 0 radical (unpaired) electrons. The standard InChI is InChI=1S/C15H17N5S/c1-3-8-16-14-17-9-10(2)13(20-14)21-15-18-11-6-4-5-7-12(11)19-15/h4-7,9H,3,8H2,1-2H3,(H,18,19)(H,16,17,20). The topological polar surface area (TPSA) is 66.5 Å². The van der Waals surface area contributed by atoms with Crippen molar-refractivity contribution in [1.29, 1.82) is 0 Å². The normalized spacial score (nSPS) is 11.0. The Kier molecular flexibility index (Phi) is 4.06. The molecular formula is C15H17N5S. The number of H-pyrrole nitrogens is 1. The number of para-hydroxylation sites is 2. The highest BCUT2D eigenvalue weighted by molar-refractivity contribution is 7.99. The summed E-state index contributed by atoms with van der Waals surface area (Å²) in [7, 11) is 0. The fourth-order valence-electron chi connectivity index (χ4n) is 1.92. The molecule has 0 unspecified atom stereocenters. The summed E-state index contributed by atoms with van der Waals surface area (Å²) in [5.41, 5.74) is 3.05. The summed E-state index contributed by atoms with van der Waals surface area (Å²) in [6, 6.07) is 8.00. The zero-order chi connectivity index (χ0) is 14.7. The van der Waals surface area contributed by atoms with Gasteiger partial charge in [0.25, 0.3) is 0 Å². The Morgan fingerprint density at radius 2 is 2.10 bits per heavy atom. The molecule has 2 aromatic heterocycles. The van der Waals surface area contributed by atoms with E-state index >= 15 is 0 Å². The van der Waals surface area contributed by atoms with Crippen molar-refractivity contribution in [3.63, 3.8) is 0 Å². The second-order valence-corrected chi connectivity index (χ2v) is 5.75. The molecule has 0 saturated carbocycles. The van der Waals surface area contributed by atoms with E-state index in [1.807, 2.05) is 37.4 Å². The molecule has 0 saturated heterocycles. The Bertz CT molecular complexity index is 720. The number of aromatic nitrogens is 4. The number of nitrogens with zero attached hydrogens (tertiary/aromatic N) is 3. The van der Waals surface area contributed by atoms with E-state index in [0.29, 0.717) is 5.95 Å². The van der Waals surface area contributed by atoms with Crippen LogP contribution in [-0.2, 0) is 0 Å². The van der Waals surface area contributed by atoms with Crippen LogP contribution in [0.25, 0.3) is 11.0 Å². The van der Waals surface area contributed by atoms with Gasteiger partial charge >= 0.3 is 0 Å². The van der Waals surface area contributed by atoms with Gasteiger partial charge in [-0.15, -0.1) is 0 Å². The van der Waals surface area contributed by atoms with E-state index in [1.165, 1.54) is 11.8 Å². The van der Waals surface area contributed by atoms with E-state index in [-0.39, 0.29) is 0 Å². The Balaban J connectivity index is 1.86. The number of aryl methyl sites for hydroxylation is 1. The average Bonchev–Trinajstić information content (AvgIpc) is 2.90. The molecule has 2 heterocycles. The van der Waals surface area contributed by atoms with Crippen molar-refractivity contribution in [2.24, 2.45) is 0 Å². The average molecular weight is 299 g/mol. The molecule has 0 aliphatic carbocycles. The summed E-state index contributed by atoms with van der Waals surface area (Å²) in [6.45, 7) is 5.00. The zero-order valence-electron chi connectivity index (χ0n) is 12.1. The summed E-state index contributed by atoms with van der Waals surface area (Å²) in [5.74, 6) is 0.668. The Morgan fingerprint density at radius 1 is 1.24 bits per heavy atom. The number of imidazole rings is 1. The highest BCUT2D eigenvalue weighted by atomic mass is 32.2. The maximum atomic E-state index is 4.57. The highest BCUT2D eigenvalue weighted by Crippen LogP contribution is 2.28. The van der Waals surface area contributed by atoms with E-state index < -0.39 is 0 Å². The van der Waals surface area contributed by atoms with Gasteiger partial charge < -0.3 is 10.3 Å². The van der Waals surface area contributed by atoms with E-state index in [9.17, 15) is 0 Å². The number of benzene rings is 1. The molecule has 1 aromatic carbocycles. The van der Waals surface area contributed by atoms with Crippen LogP contribution >= 0.6 is 11.8 Å². The Labute approximate surface area is 127 Å². The molecule has 0 bridgehead atoms. The number of aromatic amines is 1. The van der Waals surface area contributed by atoms with Gasteiger partial charge in [-0.2, -0.15) is 0 Å². The molecule has 0 aliphatic heterocycles. The lowest BCUT2D eigenvalue weighted by Crippen LogP contribution is -2.05. The fraction of sp³-hybridized carbons (Fsp3) is 0.267. The lowest BCUT2D eigenvalue weighted by Gasteiger charge is -2.06. The minimum absolute atomic E-state index is 0.668. The maximum Gasteiger partial charge on any atom is 0.223 e. The molecular weight excluding hydrogens is 282 g/mol. The van der Waals surface area contributed by atoms with Crippen LogP contribution < -0.4 is 5.32 Å². The van der Waals surface area contributed by atoms with Crippen LogP contribution in [-0.4, -0.2) is 26.5 Å². The van der Waals surface area contributed by atoms with Gasteiger partial charge in [0.05, 0.1) is 11.0 Å². The van der Waals surface area contributed by atoms with Gasteiger partial charge in [0.2, 0.25) is 5.95 Å². The van der Waals surface area contributed by atoms with Crippen LogP contribution in [0.15, 0.2) is 40.6 Å². The molecule has 6 heteroatoms. The van der Waals surface area contributed by atoms with Crippen LogP contribution in [0.5, 0.6) is 0 Å². The minimum atomic E-state index is 0.668. The van der Waals surface area contributed by atoms with Gasteiger partial charge in [-0.05, 0) is 37.2 Å². The molecule has 5 nitrogen and oxygen atoms in total. The largest absolute Gasteiger partial charge is 0.354 e. The molecule has 21 heavy (non-hydrogen) atoms. The SMILES string of the molecule is CCCNc1ncc(C)c(Sc2nc3ccccc3[nH]2)n1. The van der Waals surface area contributed by atoms with Gasteiger partial charge in [-0.1, -0.05) is 19.1 Å². The molecule has 0 spiro atoms. The van der Waals surface area contributed by atoms with Gasteiger partial charge in [0.15, 0.2) is 5.16 Å². The predicted molar refractivity (Wildman–Crippen MR) is 85.8 cm³/mol. The van der Waals surface area contributed by atoms with E-state index in [1.54, 1.807) is 0 Å². The monoisotopic (exact) mass is 299 g/mol. The van der Waals surface area contributed by atoms with Crippen molar-refractivity contribution in [2.75, 3.05) is 11.9 Å². The number of hydrogen-bond acceptors (Lipinski definition) is 5. The Hall–Kier alpha value is -2.08. The minimum Gasteiger partial charge on any atom is -0.354 e. The van der Waals surface area contributed by atoms with Crippen LogP contribution in [0.4, 0.5) is 5.95 Å². The van der Waals surface area contributed by atoms with E-state index in [4.69, 9.17) is 0 Å². The summed E-state index contributed by atoms with van der Waals surface area (Å²) in [5, 5.41) is 4.97. The molecule has 0 amide bonds. The van der Waals surface area contributed by atoms with Gasteiger partial charge in [0, 0.05) is 18.3 Å². The first kappa shape index (κ1) is 13.9. The van der Waals surface area contributed by atoms with Crippen molar-refractivity contribution in [1.82, 2.24) is 19.9 Å². The van der Waals surface area contributed by atoms with Crippen molar-refractivity contribution in [2.45, 2.75) is 30.5 Å². The van der Waals surface area contributed by atoms with E-state index in [2.05, 4.69) is 32.2 Å². The van der Waals surface area contributed by atoms with Crippen LogP contribution in [0, 0.1) is 6.92 Å². The predicted octanol–water partition coefficient (Wildman–Crippen LogP) is 3.63. The first-order valence-corrected chi connectivity index (χ1v) is 7.78. The lowest BCUT2D eigenvalue weighted by atomic mass is 10.3. The van der Waals surface area contributed by atoms with Crippen molar-refractivity contribution < 1.29 is 0 Å². The molecule has 2 N–H and O–H groups in total. The third-order valence-electron chi connectivity index (χ3n) is 3.02. The second kappa shape index (κ2) is 6.13. The molecule has 0 atom stereocenters. The third kappa shape index (κ3) is 3.16. The first-order valence-electron chi connectivity index (χ1n) is 6.96. The molecule has 108 valence electrons. The third-order valence-corrected chi connectivity index (χ3v) is 4.01. The summed E-state index contributed by atoms with van der Waals surface area (Å²) in [6.07, 6.45) is 2.89. The number of fused-ring (bicyclic) bond motifs is 1. The van der Waals surface area contributed by atoms with Gasteiger partial charge in [-0.25, -0.2) is 15.0 Å². The second-order valence-electron chi connectivity index (χ2n) is 4.77. The smallest absolute Gasteiger partial charge is 0.223 e. The number of anilines is 1. The number of hydrogen-bond donors (Lipinski definition) is 2. The number of rotatable bonds is 5. The molecule has 0 fully saturated rings. The fourth-order valence-corrected chi connectivity index (χ4v) is 2.75. The lowest BCUT2D eigenvalue weighted by molar-refractivity contribution is 0.923. The van der Waals surface area contributed by atoms with E-state index in [0.717, 1.165) is 39.7 Å². The van der Waals surface area contributed by atoms with Crippen molar-refractivity contribution in [3.8, 4) is 0 Å². The Morgan fingerprint density at radius 3 is 2.90 bits per heavy atom. The van der Waals surface area contributed by atoms with Crippen LogP contribution in [0.1, 0.15) is 18.9 Å². The summed E-state index contributed by atoms with van der Waals surface area (Å²) >= 11 is 1.53. The number of nitrogens with one attached hydrogen (secondary N) is 2. The molecule has 3 aromatic rings. The molecule has 3 rings (SSSR count). The molecule has 0 aliphatic rings. The highest BCUT2D eigenvalue weighted by Gasteiger charge is 2.09. The van der Waals surface area contributed by atoms with Gasteiger partial charge in [0.1, 0.15) is 5.03 Å². The summed E-state index contributed by atoms with van der Waals surface area (Å²) < 4.78 is 0. The zero-order valence-corrected chi connectivity index (χ0v) is 12.9. The quantitative estimate of drug-likeness (QED) is 0.704.